The van der Waals surface area contributed by atoms with Gasteiger partial charge >= 0.3 is 0 Å². The Kier molecular flexibility index (Phi) is 7.02. The van der Waals surface area contributed by atoms with Gasteiger partial charge in [0.2, 0.25) is 0 Å². The maximum atomic E-state index is 13.2. The molecule has 1 aliphatic rings. The van der Waals surface area contributed by atoms with E-state index in [9.17, 15) is 9.18 Å². The number of halogens is 1. The number of aromatic nitrogens is 4. The van der Waals surface area contributed by atoms with Crippen LogP contribution in [0.3, 0.4) is 0 Å². The van der Waals surface area contributed by atoms with E-state index >= 15 is 0 Å². The van der Waals surface area contributed by atoms with Gasteiger partial charge < -0.3 is 21.0 Å². The van der Waals surface area contributed by atoms with Crippen molar-refractivity contribution in [2.45, 2.75) is 44.6 Å². The van der Waals surface area contributed by atoms with E-state index in [0.29, 0.717) is 28.3 Å². The second-order valence-electron chi connectivity index (χ2n) is 9.24. The summed E-state index contributed by atoms with van der Waals surface area (Å²) < 4.78 is 13.2. The molecule has 37 heavy (non-hydrogen) atoms. The summed E-state index contributed by atoms with van der Waals surface area (Å²) in [6.45, 7) is 1.90. The number of anilines is 1. The molecule has 1 amide bonds. The number of aromatic amines is 1. The lowest BCUT2D eigenvalue weighted by atomic mass is 10.0. The smallest absolute Gasteiger partial charge is 0.272 e. The van der Waals surface area contributed by atoms with Crippen LogP contribution in [0.1, 0.15) is 72.0 Å². The van der Waals surface area contributed by atoms with E-state index in [4.69, 9.17) is 5.41 Å². The monoisotopic (exact) mass is 497 g/mol. The van der Waals surface area contributed by atoms with Crippen LogP contribution in [-0.2, 0) is 0 Å². The molecule has 2 aromatic carbocycles. The van der Waals surface area contributed by atoms with Gasteiger partial charge in [0.1, 0.15) is 23.5 Å². The first kappa shape index (κ1) is 24.3. The summed E-state index contributed by atoms with van der Waals surface area (Å²) in [5.74, 6) is 0.631. The summed E-state index contributed by atoms with van der Waals surface area (Å²) in [7, 11) is 0. The first-order chi connectivity index (χ1) is 18.0. The molecule has 5 rings (SSSR count). The van der Waals surface area contributed by atoms with E-state index in [0.717, 1.165) is 29.8 Å². The number of carbonyl (C=O) groups is 1. The van der Waals surface area contributed by atoms with Crippen molar-refractivity contribution in [3.05, 3.63) is 89.5 Å². The number of fused-ring (bicyclic) bond motifs is 1. The molecule has 0 unspecified atom stereocenters. The molecule has 188 valence electrons. The van der Waals surface area contributed by atoms with Crippen LogP contribution >= 0.6 is 0 Å². The molecule has 0 bridgehead atoms. The highest BCUT2D eigenvalue weighted by Crippen LogP contribution is 2.33. The van der Waals surface area contributed by atoms with E-state index in [1.54, 1.807) is 18.3 Å². The number of rotatable bonds is 8. The number of nitrogens with one attached hydrogen (secondary N) is 4. The van der Waals surface area contributed by atoms with Gasteiger partial charge in [0.15, 0.2) is 11.3 Å². The quantitative estimate of drug-likeness (QED) is 0.231. The van der Waals surface area contributed by atoms with Crippen molar-refractivity contribution >= 4 is 34.5 Å². The number of carbonyl (C=O) groups excluding carboxylic acids is 1. The molecule has 4 N–H and O–H groups in total. The zero-order valence-corrected chi connectivity index (χ0v) is 20.5. The summed E-state index contributed by atoms with van der Waals surface area (Å²) in [4.78, 5) is 29.6. The van der Waals surface area contributed by atoms with Crippen LogP contribution in [0.25, 0.3) is 16.7 Å². The van der Waals surface area contributed by atoms with Crippen molar-refractivity contribution in [1.82, 2.24) is 25.3 Å². The fraction of sp³-hybridized carbons (Fsp3) is 0.250. The highest BCUT2D eigenvalue weighted by atomic mass is 19.1. The number of amides is 1. The molecule has 0 radical (unpaired) electrons. The van der Waals surface area contributed by atoms with E-state index in [1.807, 2.05) is 31.2 Å². The molecule has 1 saturated carbocycles. The van der Waals surface area contributed by atoms with Crippen LogP contribution in [0.5, 0.6) is 0 Å². The molecule has 9 heteroatoms. The van der Waals surface area contributed by atoms with Gasteiger partial charge in [0.05, 0.1) is 6.04 Å². The van der Waals surface area contributed by atoms with E-state index in [-0.39, 0.29) is 23.5 Å². The SMILES string of the molecule is C[C@@H](NC(=O)c1ncnc2nc(C3CCCC3)[nH]c12)c1cccc(/C(C=N)=C/Nc2ccc(F)cc2)c1. The van der Waals surface area contributed by atoms with Crippen LogP contribution < -0.4 is 10.6 Å². The maximum Gasteiger partial charge on any atom is 0.272 e. The van der Waals surface area contributed by atoms with Crippen molar-refractivity contribution in [2.24, 2.45) is 0 Å². The number of imidazole rings is 1. The van der Waals surface area contributed by atoms with Gasteiger partial charge in [-0.25, -0.2) is 19.3 Å². The zero-order valence-electron chi connectivity index (χ0n) is 20.5. The van der Waals surface area contributed by atoms with E-state index < -0.39 is 0 Å². The Bertz CT molecular complexity index is 1460. The summed E-state index contributed by atoms with van der Waals surface area (Å²) in [6, 6.07) is 13.3. The Morgan fingerprint density at radius 3 is 2.70 bits per heavy atom. The maximum absolute atomic E-state index is 13.2. The minimum atomic E-state index is -0.313. The molecule has 0 aliphatic heterocycles. The number of allylic oxidation sites excluding steroid dienone is 1. The Morgan fingerprint density at radius 2 is 1.95 bits per heavy atom. The van der Waals surface area contributed by atoms with Crippen molar-refractivity contribution in [3.8, 4) is 0 Å². The summed E-state index contributed by atoms with van der Waals surface area (Å²) in [5.41, 5.74) is 4.37. The normalized spacial score (nSPS) is 15.0. The van der Waals surface area contributed by atoms with E-state index in [2.05, 4.69) is 30.6 Å². The van der Waals surface area contributed by atoms with Gasteiger partial charge in [0, 0.05) is 29.6 Å². The fourth-order valence-corrected chi connectivity index (χ4v) is 4.66. The number of hydrogen-bond acceptors (Lipinski definition) is 6. The first-order valence-corrected chi connectivity index (χ1v) is 12.4. The summed E-state index contributed by atoms with van der Waals surface area (Å²) in [6.07, 6.45) is 8.87. The highest BCUT2D eigenvalue weighted by molar-refractivity contribution is 6.08. The van der Waals surface area contributed by atoms with Crippen molar-refractivity contribution < 1.29 is 9.18 Å². The third kappa shape index (κ3) is 5.40. The van der Waals surface area contributed by atoms with Gasteiger partial charge in [-0.15, -0.1) is 0 Å². The molecule has 2 heterocycles. The van der Waals surface area contributed by atoms with Crippen LogP contribution in [0.15, 0.2) is 61.1 Å². The minimum absolute atomic E-state index is 0.272. The van der Waals surface area contributed by atoms with Crippen molar-refractivity contribution in [2.75, 3.05) is 5.32 Å². The Hall–Kier alpha value is -4.40. The van der Waals surface area contributed by atoms with Crippen LogP contribution in [-0.4, -0.2) is 32.1 Å². The van der Waals surface area contributed by atoms with Gasteiger partial charge in [0.25, 0.3) is 5.91 Å². The molecular formula is C28H28FN7O. The lowest BCUT2D eigenvalue weighted by molar-refractivity contribution is 0.0936. The number of benzene rings is 2. The Labute approximate surface area is 214 Å². The Balaban J connectivity index is 1.32. The van der Waals surface area contributed by atoms with E-state index in [1.165, 1.54) is 37.5 Å². The minimum Gasteiger partial charge on any atom is -0.361 e. The second kappa shape index (κ2) is 10.7. The largest absolute Gasteiger partial charge is 0.361 e. The molecule has 1 fully saturated rings. The number of H-pyrrole nitrogens is 1. The molecule has 0 spiro atoms. The van der Waals surface area contributed by atoms with Gasteiger partial charge in [-0.2, -0.15) is 0 Å². The lowest BCUT2D eigenvalue weighted by Gasteiger charge is -2.15. The van der Waals surface area contributed by atoms with Gasteiger partial charge in [-0.05, 0) is 61.2 Å². The number of hydrogen-bond donors (Lipinski definition) is 4. The van der Waals surface area contributed by atoms with Crippen LogP contribution in [0, 0.1) is 11.2 Å². The molecule has 1 aliphatic carbocycles. The zero-order chi connectivity index (χ0) is 25.8. The van der Waals surface area contributed by atoms with Gasteiger partial charge in [-0.3, -0.25) is 4.79 Å². The van der Waals surface area contributed by atoms with Crippen molar-refractivity contribution in [3.63, 3.8) is 0 Å². The lowest BCUT2D eigenvalue weighted by Crippen LogP contribution is -2.27. The standard InChI is InChI=1S/C28H28FN7O/c1-17(19-7-4-8-20(13-19)21(14-30)15-31-23-11-9-22(29)10-12-23)34-28(37)25-24-27(33-16-32-25)36-26(35-24)18-5-2-3-6-18/h4,7-18,30-31H,2-3,5-6H2,1H3,(H,34,37)(H,32,33,35,36)/b21-15+,30-14?/t17-/m1/s1. The fourth-order valence-electron chi connectivity index (χ4n) is 4.66. The third-order valence-corrected chi connectivity index (χ3v) is 6.73. The predicted octanol–water partition coefficient (Wildman–Crippen LogP) is 5.74. The number of nitrogens with zero attached hydrogens (tertiary/aromatic N) is 3. The molecule has 0 saturated heterocycles. The molecule has 1 atom stereocenters. The first-order valence-electron chi connectivity index (χ1n) is 12.4. The third-order valence-electron chi connectivity index (χ3n) is 6.73. The topological polar surface area (TPSA) is 119 Å². The molecule has 2 aromatic heterocycles. The molecule has 4 aromatic rings. The second-order valence-corrected chi connectivity index (χ2v) is 9.24. The predicted molar refractivity (Wildman–Crippen MR) is 142 cm³/mol. The average molecular weight is 498 g/mol. The summed E-state index contributed by atoms with van der Waals surface area (Å²) >= 11 is 0. The average Bonchev–Trinajstić information content (AvgIpc) is 3.60. The summed E-state index contributed by atoms with van der Waals surface area (Å²) in [5, 5.41) is 14.0. The molecular weight excluding hydrogens is 469 g/mol. The molecule has 8 nitrogen and oxygen atoms in total. The van der Waals surface area contributed by atoms with Gasteiger partial charge in [-0.1, -0.05) is 31.0 Å². The van der Waals surface area contributed by atoms with Crippen LogP contribution in [0.4, 0.5) is 10.1 Å². The highest BCUT2D eigenvalue weighted by Gasteiger charge is 2.23. The van der Waals surface area contributed by atoms with Crippen LogP contribution in [0.2, 0.25) is 0 Å². The van der Waals surface area contributed by atoms with Crippen molar-refractivity contribution in [1.29, 1.82) is 5.41 Å². The Morgan fingerprint density at radius 1 is 1.16 bits per heavy atom.